The van der Waals surface area contributed by atoms with E-state index in [1.165, 1.54) is 13.2 Å². The molecule has 1 aliphatic heterocycles. The normalized spacial score (nSPS) is 20.5. The summed E-state index contributed by atoms with van der Waals surface area (Å²) in [6.45, 7) is 4.78. The van der Waals surface area contributed by atoms with Crippen molar-refractivity contribution in [1.29, 1.82) is 0 Å². The highest BCUT2D eigenvalue weighted by Gasteiger charge is 2.32. The number of ether oxygens (including phenoxy) is 2. The second kappa shape index (κ2) is 9.20. The highest BCUT2D eigenvalue weighted by molar-refractivity contribution is 6.33. The maximum Gasteiger partial charge on any atom is 0.320 e. The average Bonchev–Trinajstić information content (AvgIpc) is 2.58. The Hall–Kier alpha value is -2.10. The Morgan fingerprint density at radius 2 is 2.19 bits per heavy atom. The number of amides is 1. The molecule has 9 nitrogen and oxygen atoms in total. The van der Waals surface area contributed by atoms with Crippen LogP contribution in [0, 0.1) is 0 Å². The molecule has 1 amide bonds. The number of pyridine rings is 1. The molecule has 2 atom stereocenters. The largest absolute Gasteiger partial charge is 0.462 e. The van der Waals surface area contributed by atoms with Crippen LogP contribution in [-0.4, -0.2) is 66.8 Å². The van der Waals surface area contributed by atoms with Gasteiger partial charge in [-0.3, -0.25) is 19.3 Å². The topological polar surface area (TPSA) is 127 Å². The summed E-state index contributed by atoms with van der Waals surface area (Å²) in [6.07, 6.45) is 0.0510. The number of nitrogens with zero attached hydrogens (tertiary/aromatic N) is 1. The molecule has 0 saturated carbocycles. The molecular weight excluding hydrogens is 376 g/mol. The van der Waals surface area contributed by atoms with Gasteiger partial charge in [-0.05, 0) is 26.3 Å². The Labute approximate surface area is 162 Å². The minimum atomic E-state index is -0.614. The molecule has 2 heterocycles. The molecular formula is C17H25ClN4O5. The molecule has 0 aliphatic carbocycles. The van der Waals surface area contributed by atoms with Crippen LogP contribution in [0.1, 0.15) is 30.6 Å². The van der Waals surface area contributed by atoms with E-state index in [0.29, 0.717) is 19.5 Å². The highest BCUT2D eigenvalue weighted by Crippen LogP contribution is 2.17. The van der Waals surface area contributed by atoms with E-state index in [4.69, 9.17) is 26.8 Å². The summed E-state index contributed by atoms with van der Waals surface area (Å²) in [5, 5.41) is 2.90. The third-order valence-corrected chi connectivity index (χ3v) is 4.56. The highest BCUT2D eigenvalue weighted by atomic mass is 35.5. The molecule has 1 aliphatic rings. The minimum Gasteiger partial charge on any atom is -0.462 e. The van der Waals surface area contributed by atoms with Gasteiger partial charge in [0.1, 0.15) is 11.4 Å². The molecule has 0 radical (unpaired) electrons. The van der Waals surface area contributed by atoms with Gasteiger partial charge in [-0.15, -0.1) is 0 Å². The maximum absolute atomic E-state index is 12.5. The van der Waals surface area contributed by atoms with E-state index in [1.54, 1.807) is 13.8 Å². The number of piperidine rings is 1. The lowest BCUT2D eigenvalue weighted by Crippen LogP contribution is -2.56. The molecule has 150 valence electrons. The fraction of sp³-hybridized carbons (Fsp3) is 0.588. The third-order valence-electron chi connectivity index (χ3n) is 4.25. The number of aromatic amines is 1. The maximum atomic E-state index is 12.5. The number of carbonyl (C=O) groups excluding carboxylic acids is 2. The van der Waals surface area contributed by atoms with Crippen molar-refractivity contribution in [2.45, 2.75) is 38.5 Å². The summed E-state index contributed by atoms with van der Waals surface area (Å²) in [6, 6.07) is 0.930. The molecule has 1 fully saturated rings. The van der Waals surface area contributed by atoms with Crippen molar-refractivity contribution >= 4 is 29.3 Å². The van der Waals surface area contributed by atoms with Gasteiger partial charge in [0.25, 0.3) is 11.5 Å². The number of carbonyl (C=O) groups is 2. The van der Waals surface area contributed by atoms with Crippen LogP contribution in [0.25, 0.3) is 0 Å². The summed E-state index contributed by atoms with van der Waals surface area (Å²) in [7, 11) is 1.53. The number of methoxy groups -OCH3 is 1. The van der Waals surface area contributed by atoms with Gasteiger partial charge in [-0.1, -0.05) is 11.6 Å². The molecule has 10 heteroatoms. The number of rotatable bonds is 6. The number of hydrogen-bond acceptors (Lipinski definition) is 7. The van der Waals surface area contributed by atoms with Gasteiger partial charge in [-0.2, -0.15) is 0 Å². The molecule has 1 saturated heterocycles. The zero-order chi connectivity index (χ0) is 20.1. The zero-order valence-corrected chi connectivity index (χ0v) is 16.3. The molecule has 0 bridgehead atoms. The van der Waals surface area contributed by atoms with Crippen LogP contribution in [0.5, 0.6) is 0 Å². The van der Waals surface area contributed by atoms with Gasteiger partial charge in [0.15, 0.2) is 0 Å². The first-order valence-electron chi connectivity index (χ1n) is 8.65. The smallest absolute Gasteiger partial charge is 0.320 e. The second-order valence-electron chi connectivity index (χ2n) is 6.69. The van der Waals surface area contributed by atoms with Crippen LogP contribution in [-0.2, 0) is 14.3 Å². The fourth-order valence-electron chi connectivity index (χ4n) is 2.94. The Balaban J connectivity index is 2.00. The Bertz CT molecular complexity index is 751. The molecule has 0 unspecified atom stereocenters. The van der Waals surface area contributed by atoms with Crippen LogP contribution in [0.4, 0.5) is 5.82 Å². The number of nitrogens with one attached hydrogen (secondary N) is 2. The van der Waals surface area contributed by atoms with Crippen molar-refractivity contribution in [3.8, 4) is 0 Å². The molecule has 2 rings (SSSR count). The number of hydrogen-bond donors (Lipinski definition) is 3. The second-order valence-corrected chi connectivity index (χ2v) is 7.10. The number of likely N-dealkylation sites (tertiary alicyclic amines) is 1. The SMILES string of the molecule is CO[C@@H]1CN(CC(=O)OC(C)C)CC[C@@H]1NC(=O)c1cc(Cl)c(N)[nH]c1=O. The summed E-state index contributed by atoms with van der Waals surface area (Å²) >= 11 is 5.88. The third kappa shape index (κ3) is 5.69. The molecule has 1 aromatic heterocycles. The van der Waals surface area contributed by atoms with Gasteiger partial charge < -0.3 is 25.5 Å². The first-order valence-corrected chi connectivity index (χ1v) is 9.02. The summed E-state index contributed by atoms with van der Waals surface area (Å²) in [5.41, 5.74) is 4.79. The molecule has 4 N–H and O–H groups in total. The van der Waals surface area contributed by atoms with Crippen molar-refractivity contribution in [2.75, 3.05) is 32.5 Å². The number of H-pyrrole nitrogens is 1. The van der Waals surface area contributed by atoms with Gasteiger partial charge >= 0.3 is 5.97 Å². The minimum absolute atomic E-state index is 0.00887. The molecule has 1 aromatic rings. The van der Waals surface area contributed by atoms with E-state index >= 15 is 0 Å². The van der Waals surface area contributed by atoms with E-state index in [2.05, 4.69) is 10.3 Å². The summed E-state index contributed by atoms with van der Waals surface area (Å²) in [4.78, 5) is 40.5. The van der Waals surface area contributed by atoms with Gasteiger partial charge in [-0.25, -0.2) is 0 Å². The van der Waals surface area contributed by atoms with Crippen LogP contribution in [0.3, 0.4) is 0 Å². The lowest BCUT2D eigenvalue weighted by Gasteiger charge is -2.37. The van der Waals surface area contributed by atoms with E-state index in [9.17, 15) is 14.4 Å². The van der Waals surface area contributed by atoms with Crippen molar-refractivity contribution in [3.63, 3.8) is 0 Å². The first-order chi connectivity index (χ1) is 12.7. The number of aromatic nitrogens is 1. The van der Waals surface area contributed by atoms with Crippen LogP contribution >= 0.6 is 11.6 Å². The van der Waals surface area contributed by atoms with E-state index in [0.717, 1.165) is 0 Å². The van der Waals surface area contributed by atoms with Gasteiger partial charge in [0.2, 0.25) is 0 Å². The lowest BCUT2D eigenvalue weighted by molar-refractivity contribution is -0.149. The molecule has 27 heavy (non-hydrogen) atoms. The van der Waals surface area contributed by atoms with Gasteiger partial charge in [0.05, 0.1) is 29.8 Å². The van der Waals surface area contributed by atoms with Crippen molar-refractivity contribution < 1.29 is 19.1 Å². The monoisotopic (exact) mass is 400 g/mol. The van der Waals surface area contributed by atoms with Crippen LogP contribution in [0.2, 0.25) is 5.02 Å². The number of nitrogen functional groups attached to an aromatic ring is 1. The Morgan fingerprint density at radius 1 is 1.48 bits per heavy atom. The number of esters is 1. The van der Waals surface area contributed by atoms with Gasteiger partial charge in [0, 0.05) is 20.2 Å². The Kier molecular flexibility index (Phi) is 7.23. The summed E-state index contributed by atoms with van der Waals surface area (Å²) in [5.74, 6) is -0.849. The van der Waals surface area contributed by atoms with Crippen molar-refractivity contribution in [1.82, 2.24) is 15.2 Å². The number of nitrogens with two attached hydrogens (primary N) is 1. The predicted molar refractivity (Wildman–Crippen MR) is 101 cm³/mol. The number of anilines is 1. The van der Waals surface area contributed by atoms with Crippen molar-refractivity contribution in [2.24, 2.45) is 0 Å². The quantitative estimate of drug-likeness (QED) is 0.589. The number of halogens is 1. The average molecular weight is 401 g/mol. The first kappa shape index (κ1) is 21.2. The predicted octanol–water partition coefficient (Wildman–Crippen LogP) is 0.381. The molecule has 0 aromatic carbocycles. The zero-order valence-electron chi connectivity index (χ0n) is 15.6. The van der Waals surface area contributed by atoms with Crippen LogP contribution < -0.4 is 16.6 Å². The summed E-state index contributed by atoms with van der Waals surface area (Å²) < 4.78 is 10.6. The molecule has 0 spiro atoms. The van der Waals surface area contributed by atoms with E-state index in [-0.39, 0.29) is 47.2 Å². The fourth-order valence-corrected chi connectivity index (χ4v) is 3.10. The van der Waals surface area contributed by atoms with E-state index < -0.39 is 11.5 Å². The lowest BCUT2D eigenvalue weighted by atomic mass is 10.0. The van der Waals surface area contributed by atoms with Crippen LogP contribution in [0.15, 0.2) is 10.9 Å². The Morgan fingerprint density at radius 3 is 2.81 bits per heavy atom. The van der Waals surface area contributed by atoms with Crippen molar-refractivity contribution in [3.05, 3.63) is 27.0 Å². The van der Waals surface area contributed by atoms with E-state index in [1.807, 2.05) is 4.90 Å². The standard InChI is InChI=1S/C17H25ClN4O5/c1-9(2)27-14(23)8-22-5-4-12(13(7-22)26-3)20-16(24)10-6-11(18)15(19)21-17(10)25/h6,9,12-13H,4-5,7-8H2,1-3H3,(H,20,24)(H3,19,21,25)/t12-,13+/m0/s1.